The van der Waals surface area contributed by atoms with Crippen LogP contribution >= 0.6 is 0 Å². The van der Waals surface area contributed by atoms with Crippen molar-refractivity contribution in [3.63, 3.8) is 0 Å². The number of nitrogens with zero attached hydrogens (tertiary/aromatic N) is 3. The maximum atomic E-state index is 5.70. The highest BCUT2D eigenvalue weighted by molar-refractivity contribution is 5.67. The lowest BCUT2D eigenvalue weighted by Gasteiger charge is -1.96. The summed E-state index contributed by atoms with van der Waals surface area (Å²) in [5, 5.41) is 3.86. The van der Waals surface area contributed by atoms with Crippen molar-refractivity contribution in [2.24, 2.45) is 0 Å². The summed E-state index contributed by atoms with van der Waals surface area (Å²) in [6, 6.07) is 3.62. The van der Waals surface area contributed by atoms with Crippen molar-refractivity contribution in [3.05, 3.63) is 24.2 Å². The number of nitrogen functional groups attached to an aromatic ring is 1. The number of nitrogens with two attached hydrogens (primary N) is 1. The fraction of sp³-hybridized carbons (Fsp3) is 0.300. The molecule has 0 unspecified atom stereocenters. The summed E-state index contributed by atoms with van der Waals surface area (Å²) >= 11 is 0. The van der Waals surface area contributed by atoms with Gasteiger partial charge in [-0.2, -0.15) is 4.98 Å². The van der Waals surface area contributed by atoms with Crippen molar-refractivity contribution in [2.45, 2.75) is 19.8 Å². The third kappa shape index (κ3) is 1.96. The van der Waals surface area contributed by atoms with E-state index >= 15 is 0 Å². The smallest absolute Gasteiger partial charge is 0.226 e. The van der Waals surface area contributed by atoms with Gasteiger partial charge in [0.25, 0.3) is 0 Å². The summed E-state index contributed by atoms with van der Waals surface area (Å²) in [6.07, 6.45) is 3.39. The first-order valence-corrected chi connectivity index (χ1v) is 4.84. The molecule has 0 aliphatic heterocycles. The largest absolute Gasteiger partial charge is 0.383 e. The molecule has 2 aromatic rings. The Morgan fingerprint density at radius 2 is 2.33 bits per heavy atom. The van der Waals surface area contributed by atoms with Gasteiger partial charge in [0.05, 0.1) is 5.56 Å². The van der Waals surface area contributed by atoms with Crippen LogP contribution in [-0.4, -0.2) is 15.1 Å². The van der Waals surface area contributed by atoms with Crippen molar-refractivity contribution in [2.75, 3.05) is 5.73 Å². The molecule has 0 aliphatic carbocycles. The Morgan fingerprint density at radius 3 is 3.07 bits per heavy atom. The number of rotatable bonds is 3. The number of aromatic nitrogens is 3. The molecule has 5 nitrogen and oxygen atoms in total. The number of anilines is 1. The van der Waals surface area contributed by atoms with E-state index in [2.05, 4.69) is 22.0 Å². The maximum Gasteiger partial charge on any atom is 0.226 e. The molecule has 0 bridgehead atoms. The fourth-order valence-electron chi connectivity index (χ4n) is 1.29. The minimum absolute atomic E-state index is 0.418. The zero-order valence-electron chi connectivity index (χ0n) is 8.47. The van der Waals surface area contributed by atoms with Crippen LogP contribution in [0.1, 0.15) is 19.2 Å². The SMILES string of the molecule is CCCc1nc(-c2cccnc2N)no1. The van der Waals surface area contributed by atoms with Crippen LogP contribution in [0.2, 0.25) is 0 Å². The Hall–Kier alpha value is -1.91. The highest BCUT2D eigenvalue weighted by Crippen LogP contribution is 2.20. The van der Waals surface area contributed by atoms with E-state index < -0.39 is 0 Å². The second kappa shape index (κ2) is 4.08. The van der Waals surface area contributed by atoms with Crippen LogP contribution in [-0.2, 0) is 6.42 Å². The second-order valence-electron chi connectivity index (χ2n) is 3.20. The quantitative estimate of drug-likeness (QED) is 0.822. The first-order valence-electron chi connectivity index (χ1n) is 4.84. The van der Waals surface area contributed by atoms with Gasteiger partial charge < -0.3 is 10.3 Å². The molecule has 5 heteroatoms. The van der Waals surface area contributed by atoms with Crippen molar-refractivity contribution in [3.8, 4) is 11.4 Å². The molecule has 0 atom stereocenters. The van der Waals surface area contributed by atoms with Crippen molar-refractivity contribution >= 4 is 5.82 Å². The van der Waals surface area contributed by atoms with Gasteiger partial charge in [-0.25, -0.2) is 4.98 Å². The Bertz CT molecular complexity index is 452. The Balaban J connectivity index is 2.33. The molecule has 0 aliphatic rings. The third-order valence-electron chi connectivity index (χ3n) is 2.01. The first kappa shape index (κ1) is 9.64. The molecule has 78 valence electrons. The standard InChI is InChI=1S/C10H12N4O/c1-2-4-8-13-10(14-15-8)7-5-3-6-12-9(7)11/h3,5-6H,2,4H2,1H3,(H2,11,12). The average molecular weight is 204 g/mol. The third-order valence-corrected chi connectivity index (χ3v) is 2.01. The van der Waals surface area contributed by atoms with E-state index in [1.807, 2.05) is 6.07 Å². The van der Waals surface area contributed by atoms with Gasteiger partial charge in [0.2, 0.25) is 11.7 Å². The molecule has 15 heavy (non-hydrogen) atoms. The van der Waals surface area contributed by atoms with Gasteiger partial charge in [-0.3, -0.25) is 0 Å². The van der Waals surface area contributed by atoms with Gasteiger partial charge in [0.15, 0.2) is 0 Å². The first-order chi connectivity index (χ1) is 7.31. The average Bonchev–Trinajstić information content (AvgIpc) is 2.68. The highest BCUT2D eigenvalue weighted by Gasteiger charge is 2.10. The van der Waals surface area contributed by atoms with Gasteiger partial charge >= 0.3 is 0 Å². The van der Waals surface area contributed by atoms with E-state index in [1.54, 1.807) is 12.3 Å². The summed E-state index contributed by atoms with van der Waals surface area (Å²) in [5.74, 6) is 1.56. The molecule has 0 radical (unpaired) electrons. The monoisotopic (exact) mass is 204 g/mol. The van der Waals surface area contributed by atoms with Crippen LogP contribution in [0.5, 0.6) is 0 Å². The van der Waals surface area contributed by atoms with Crippen LogP contribution in [0, 0.1) is 0 Å². The van der Waals surface area contributed by atoms with Gasteiger partial charge in [0.1, 0.15) is 5.82 Å². The van der Waals surface area contributed by atoms with Gasteiger partial charge in [0, 0.05) is 12.6 Å². The number of aryl methyl sites for hydroxylation is 1. The Morgan fingerprint density at radius 1 is 1.47 bits per heavy atom. The van der Waals surface area contributed by atoms with Gasteiger partial charge in [-0.05, 0) is 18.6 Å². The fourth-order valence-corrected chi connectivity index (χ4v) is 1.29. The molecule has 2 aromatic heterocycles. The molecule has 0 aromatic carbocycles. The van der Waals surface area contributed by atoms with Gasteiger partial charge in [-0.1, -0.05) is 12.1 Å². The summed E-state index contributed by atoms with van der Waals surface area (Å²) in [4.78, 5) is 8.20. The van der Waals surface area contributed by atoms with Crippen LogP contribution in [0.3, 0.4) is 0 Å². The van der Waals surface area contributed by atoms with Crippen LogP contribution in [0.15, 0.2) is 22.9 Å². The lowest BCUT2D eigenvalue weighted by molar-refractivity contribution is 0.378. The summed E-state index contributed by atoms with van der Waals surface area (Å²) in [7, 11) is 0. The number of hydrogen-bond acceptors (Lipinski definition) is 5. The molecule has 0 saturated carbocycles. The summed E-state index contributed by atoms with van der Waals surface area (Å²) < 4.78 is 5.07. The maximum absolute atomic E-state index is 5.70. The minimum Gasteiger partial charge on any atom is -0.383 e. The lowest BCUT2D eigenvalue weighted by atomic mass is 10.2. The summed E-state index contributed by atoms with van der Waals surface area (Å²) in [5.41, 5.74) is 6.41. The predicted molar refractivity (Wildman–Crippen MR) is 55.9 cm³/mol. The molecular formula is C10H12N4O. The molecule has 0 saturated heterocycles. The lowest BCUT2D eigenvalue weighted by Crippen LogP contribution is -1.94. The molecule has 0 fully saturated rings. The van der Waals surface area contributed by atoms with Crippen LogP contribution in [0.4, 0.5) is 5.82 Å². The van der Waals surface area contributed by atoms with Crippen molar-refractivity contribution in [1.82, 2.24) is 15.1 Å². The number of hydrogen-bond donors (Lipinski definition) is 1. The zero-order valence-corrected chi connectivity index (χ0v) is 8.47. The molecule has 2 rings (SSSR count). The van der Waals surface area contributed by atoms with E-state index in [1.165, 1.54) is 0 Å². The van der Waals surface area contributed by atoms with Crippen LogP contribution < -0.4 is 5.73 Å². The van der Waals surface area contributed by atoms with Gasteiger partial charge in [-0.15, -0.1) is 0 Å². The molecule has 2 heterocycles. The van der Waals surface area contributed by atoms with E-state index in [0.717, 1.165) is 12.8 Å². The topological polar surface area (TPSA) is 77.8 Å². The van der Waals surface area contributed by atoms with E-state index in [4.69, 9.17) is 10.3 Å². The Kier molecular flexibility index (Phi) is 2.62. The summed E-state index contributed by atoms with van der Waals surface area (Å²) in [6.45, 7) is 2.06. The number of pyridine rings is 1. The predicted octanol–water partition coefficient (Wildman–Crippen LogP) is 1.67. The van der Waals surface area contributed by atoms with Crippen LogP contribution in [0.25, 0.3) is 11.4 Å². The van der Waals surface area contributed by atoms with E-state index in [9.17, 15) is 0 Å². The van der Waals surface area contributed by atoms with Crippen molar-refractivity contribution in [1.29, 1.82) is 0 Å². The molecule has 0 spiro atoms. The van der Waals surface area contributed by atoms with Crippen molar-refractivity contribution < 1.29 is 4.52 Å². The normalized spacial score (nSPS) is 10.5. The molecular weight excluding hydrogens is 192 g/mol. The van der Waals surface area contributed by atoms with E-state index in [0.29, 0.717) is 23.1 Å². The molecule has 2 N–H and O–H groups in total. The Labute approximate surface area is 87.3 Å². The molecule has 0 amide bonds. The highest BCUT2D eigenvalue weighted by atomic mass is 16.5. The second-order valence-corrected chi connectivity index (χ2v) is 3.20. The van der Waals surface area contributed by atoms with E-state index in [-0.39, 0.29) is 0 Å². The minimum atomic E-state index is 0.418. The zero-order chi connectivity index (χ0) is 10.7.